The fourth-order valence-electron chi connectivity index (χ4n) is 1.28. The third-order valence-electron chi connectivity index (χ3n) is 2.02. The zero-order valence-corrected chi connectivity index (χ0v) is 9.19. The van der Waals surface area contributed by atoms with Gasteiger partial charge < -0.3 is 9.94 Å². The van der Waals surface area contributed by atoms with Gasteiger partial charge in [0, 0.05) is 5.56 Å². The highest BCUT2D eigenvalue weighted by molar-refractivity contribution is 5.99. The van der Waals surface area contributed by atoms with Crippen molar-refractivity contribution in [2.75, 3.05) is 7.11 Å². The summed E-state index contributed by atoms with van der Waals surface area (Å²) < 4.78 is 0. The molecule has 0 aliphatic rings. The minimum absolute atomic E-state index is 0.266. The molecular weight excluding hydrogens is 190 g/mol. The van der Waals surface area contributed by atoms with Crippen molar-refractivity contribution in [2.45, 2.75) is 13.8 Å². The Kier molecular flexibility index (Phi) is 3.92. The molecule has 1 rings (SSSR count). The third-order valence-corrected chi connectivity index (χ3v) is 2.02. The van der Waals surface area contributed by atoms with E-state index in [1.54, 1.807) is 12.1 Å². The van der Waals surface area contributed by atoms with Gasteiger partial charge in [0.25, 0.3) is 0 Å². The van der Waals surface area contributed by atoms with E-state index in [1.807, 2.05) is 32.1 Å². The van der Waals surface area contributed by atoms with Crippen molar-refractivity contribution < 1.29 is 9.94 Å². The Labute approximate surface area is 89.7 Å². The van der Waals surface area contributed by atoms with Crippen molar-refractivity contribution in [2.24, 2.45) is 5.16 Å². The minimum Gasteiger partial charge on any atom is -0.507 e. The van der Waals surface area contributed by atoms with E-state index in [1.165, 1.54) is 7.11 Å². The Morgan fingerprint density at radius 3 is 2.80 bits per heavy atom. The maximum absolute atomic E-state index is 9.56. The van der Waals surface area contributed by atoms with Gasteiger partial charge in [-0.2, -0.15) is 0 Å². The molecule has 0 bridgehead atoms. The van der Waals surface area contributed by atoms with Crippen molar-refractivity contribution in [3.05, 3.63) is 35.4 Å². The number of allylic oxidation sites excluding steroid dienone is 1. The van der Waals surface area contributed by atoms with Crippen molar-refractivity contribution >= 4 is 11.8 Å². The molecule has 0 fully saturated rings. The topological polar surface area (TPSA) is 41.8 Å². The number of nitrogens with zero attached hydrogens (tertiary/aromatic N) is 1. The van der Waals surface area contributed by atoms with Crippen LogP contribution in [0.3, 0.4) is 0 Å². The summed E-state index contributed by atoms with van der Waals surface area (Å²) >= 11 is 0. The normalized spacial score (nSPS) is 12.1. The molecule has 0 heterocycles. The molecule has 0 aromatic heterocycles. The minimum atomic E-state index is 0.266. The molecule has 3 nitrogen and oxygen atoms in total. The van der Waals surface area contributed by atoms with Gasteiger partial charge in [-0.1, -0.05) is 17.3 Å². The zero-order chi connectivity index (χ0) is 11.3. The average molecular weight is 205 g/mol. The van der Waals surface area contributed by atoms with E-state index in [9.17, 15) is 5.11 Å². The van der Waals surface area contributed by atoms with Crippen molar-refractivity contribution in [3.8, 4) is 5.75 Å². The molecule has 0 unspecified atom stereocenters. The van der Waals surface area contributed by atoms with Crippen LogP contribution in [0.1, 0.15) is 25.0 Å². The SMILES string of the molecule is C/C=C/c1cc(/C(C)=N\OC)ccc1O. The molecule has 1 N–H and O–H groups in total. The second-order valence-electron chi connectivity index (χ2n) is 3.13. The van der Waals surface area contributed by atoms with Gasteiger partial charge in [0.15, 0.2) is 0 Å². The number of aromatic hydroxyl groups is 1. The monoisotopic (exact) mass is 205 g/mol. The zero-order valence-electron chi connectivity index (χ0n) is 9.19. The van der Waals surface area contributed by atoms with Crippen molar-refractivity contribution in [1.29, 1.82) is 0 Å². The van der Waals surface area contributed by atoms with Gasteiger partial charge in [0.2, 0.25) is 0 Å². The second-order valence-corrected chi connectivity index (χ2v) is 3.13. The summed E-state index contributed by atoms with van der Waals surface area (Å²) in [4.78, 5) is 4.70. The van der Waals surface area contributed by atoms with Crippen LogP contribution in [0.2, 0.25) is 0 Å². The Morgan fingerprint density at radius 1 is 1.47 bits per heavy atom. The first kappa shape index (κ1) is 11.3. The summed E-state index contributed by atoms with van der Waals surface area (Å²) in [7, 11) is 1.51. The number of phenolic OH excluding ortho intramolecular Hbond substituents is 1. The molecule has 0 amide bonds. The molecule has 15 heavy (non-hydrogen) atoms. The van der Waals surface area contributed by atoms with E-state index in [-0.39, 0.29) is 5.75 Å². The van der Waals surface area contributed by atoms with E-state index >= 15 is 0 Å². The van der Waals surface area contributed by atoms with Crippen LogP contribution in [-0.2, 0) is 4.84 Å². The van der Waals surface area contributed by atoms with Crippen LogP contribution in [0, 0.1) is 0 Å². The van der Waals surface area contributed by atoms with Crippen molar-refractivity contribution in [1.82, 2.24) is 0 Å². The van der Waals surface area contributed by atoms with E-state index in [0.717, 1.165) is 16.8 Å². The Balaban J connectivity index is 3.12. The fraction of sp³-hybridized carbons (Fsp3) is 0.250. The summed E-state index contributed by atoms with van der Waals surface area (Å²) in [6, 6.07) is 5.33. The molecule has 80 valence electrons. The van der Waals surface area contributed by atoms with Gasteiger partial charge >= 0.3 is 0 Å². The highest BCUT2D eigenvalue weighted by Gasteiger charge is 2.02. The Bertz CT molecular complexity index is 395. The highest BCUT2D eigenvalue weighted by atomic mass is 16.6. The molecule has 3 heteroatoms. The van der Waals surface area contributed by atoms with E-state index < -0.39 is 0 Å². The first-order chi connectivity index (χ1) is 7.19. The van der Waals surface area contributed by atoms with Crippen molar-refractivity contribution in [3.63, 3.8) is 0 Å². The van der Waals surface area contributed by atoms with Crippen LogP contribution in [0.15, 0.2) is 29.4 Å². The lowest BCUT2D eigenvalue weighted by molar-refractivity contribution is 0.213. The number of oxime groups is 1. The Morgan fingerprint density at radius 2 is 2.20 bits per heavy atom. The average Bonchev–Trinajstić information content (AvgIpc) is 2.22. The lowest BCUT2D eigenvalue weighted by atomic mass is 10.1. The number of rotatable bonds is 3. The molecule has 0 atom stereocenters. The third kappa shape index (κ3) is 2.84. The Hall–Kier alpha value is -1.77. The molecule has 0 saturated heterocycles. The first-order valence-electron chi connectivity index (χ1n) is 4.73. The van der Waals surface area contributed by atoms with Crippen LogP contribution in [-0.4, -0.2) is 17.9 Å². The molecular formula is C12H15NO2. The number of benzene rings is 1. The van der Waals surface area contributed by atoms with Gasteiger partial charge in [-0.05, 0) is 37.6 Å². The van der Waals surface area contributed by atoms with Gasteiger partial charge in [-0.3, -0.25) is 0 Å². The van der Waals surface area contributed by atoms with E-state index in [2.05, 4.69) is 5.16 Å². The highest BCUT2D eigenvalue weighted by Crippen LogP contribution is 2.20. The number of phenols is 1. The predicted octanol–water partition coefficient (Wildman–Crippen LogP) is 2.80. The van der Waals surface area contributed by atoms with Crippen LogP contribution >= 0.6 is 0 Å². The summed E-state index contributed by atoms with van der Waals surface area (Å²) in [6.07, 6.45) is 3.72. The second kappa shape index (κ2) is 5.20. The number of hydrogen-bond acceptors (Lipinski definition) is 3. The largest absolute Gasteiger partial charge is 0.507 e. The summed E-state index contributed by atoms with van der Waals surface area (Å²) in [5.74, 6) is 0.266. The van der Waals surface area contributed by atoms with Gasteiger partial charge in [0.05, 0.1) is 5.71 Å². The molecule has 0 aliphatic carbocycles. The standard InChI is InChI=1S/C12H15NO2/c1-4-5-11-8-10(6-7-12(11)14)9(2)13-15-3/h4-8,14H,1-3H3/b5-4+,13-9-. The summed E-state index contributed by atoms with van der Waals surface area (Å²) in [6.45, 7) is 3.76. The molecule has 1 aromatic rings. The van der Waals surface area contributed by atoms with Gasteiger partial charge in [-0.25, -0.2) is 0 Å². The smallest absolute Gasteiger partial charge is 0.122 e. The van der Waals surface area contributed by atoms with Gasteiger partial charge in [-0.15, -0.1) is 0 Å². The quantitative estimate of drug-likeness (QED) is 0.609. The maximum atomic E-state index is 9.56. The lowest BCUT2D eigenvalue weighted by Gasteiger charge is -2.03. The molecule has 0 aliphatic heterocycles. The van der Waals surface area contributed by atoms with E-state index in [4.69, 9.17) is 4.84 Å². The predicted molar refractivity (Wildman–Crippen MR) is 62.0 cm³/mol. The van der Waals surface area contributed by atoms with Gasteiger partial charge in [0.1, 0.15) is 12.9 Å². The van der Waals surface area contributed by atoms with Crippen LogP contribution < -0.4 is 0 Å². The molecule has 0 spiro atoms. The number of hydrogen-bond donors (Lipinski definition) is 1. The summed E-state index contributed by atoms with van der Waals surface area (Å²) in [5.41, 5.74) is 2.49. The molecule has 0 radical (unpaired) electrons. The first-order valence-corrected chi connectivity index (χ1v) is 4.73. The fourth-order valence-corrected chi connectivity index (χ4v) is 1.28. The maximum Gasteiger partial charge on any atom is 0.122 e. The molecule has 1 aromatic carbocycles. The lowest BCUT2D eigenvalue weighted by Crippen LogP contribution is -1.95. The summed E-state index contributed by atoms with van der Waals surface area (Å²) in [5, 5.41) is 13.4. The van der Waals surface area contributed by atoms with Crippen LogP contribution in [0.25, 0.3) is 6.08 Å². The van der Waals surface area contributed by atoms with Crippen LogP contribution in [0.4, 0.5) is 0 Å². The molecule has 0 saturated carbocycles. The van der Waals surface area contributed by atoms with E-state index in [0.29, 0.717) is 0 Å². The van der Waals surface area contributed by atoms with Crippen LogP contribution in [0.5, 0.6) is 5.75 Å².